The molecule has 0 fully saturated rings. The summed E-state index contributed by atoms with van der Waals surface area (Å²) < 4.78 is 11.1. The summed E-state index contributed by atoms with van der Waals surface area (Å²) in [6.07, 6.45) is -0.183. The summed E-state index contributed by atoms with van der Waals surface area (Å²) in [5, 5.41) is 68.9. The van der Waals surface area contributed by atoms with Gasteiger partial charge in [0.05, 0.1) is 70.8 Å². The fourth-order valence-corrected chi connectivity index (χ4v) is 4.96. The van der Waals surface area contributed by atoms with Crippen molar-refractivity contribution in [2.45, 2.75) is 12.8 Å². The van der Waals surface area contributed by atoms with E-state index in [0.717, 1.165) is 0 Å². The van der Waals surface area contributed by atoms with Crippen LogP contribution in [0.25, 0.3) is 0 Å². The molecular weight excluding hydrogens is 622 g/mol. The van der Waals surface area contributed by atoms with Gasteiger partial charge >= 0.3 is 23.3 Å². The van der Waals surface area contributed by atoms with Crippen LogP contribution in [0.1, 0.15) is 11.1 Å². The predicted octanol–water partition coefficient (Wildman–Crippen LogP) is 1.96. The minimum Gasteiger partial charge on any atom is -0.496 e. The zero-order valence-corrected chi connectivity index (χ0v) is 24.3. The molecule has 1 aliphatic heterocycles. The van der Waals surface area contributed by atoms with Crippen LogP contribution in [0.2, 0.25) is 0 Å². The largest absolute Gasteiger partial charge is 0.496 e. The molecule has 3 N–H and O–H groups in total. The molecule has 21 heteroatoms. The number of carbonyl (C=O) groups is 2. The Hall–Kier alpha value is -5.54. The molecule has 0 spiro atoms. The molecule has 2 aromatic carbocycles. The number of aliphatic carboxylic acids is 2. The Kier molecular flexibility index (Phi) is 11.7. The molecule has 0 amide bonds. The number of nitrogens with one attached hydrogen (secondary N) is 1. The van der Waals surface area contributed by atoms with Crippen molar-refractivity contribution in [1.29, 1.82) is 0 Å². The summed E-state index contributed by atoms with van der Waals surface area (Å²) in [7, 11) is 1.23. The van der Waals surface area contributed by atoms with E-state index in [2.05, 4.69) is 5.32 Å². The number of anilines is 2. The number of nitro groups is 4. The first-order chi connectivity index (χ1) is 21.7. The number of ether oxygens (including phenoxy) is 2. The Bertz CT molecular complexity index is 1510. The van der Waals surface area contributed by atoms with Crippen molar-refractivity contribution in [1.82, 2.24) is 9.80 Å². The molecule has 2 aromatic rings. The zero-order valence-electron chi connectivity index (χ0n) is 24.3. The third-order valence-electron chi connectivity index (χ3n) is 6.95. The number of nitro benzene ring substituents is 4. The molecular formula is C25H29N7O14. The first kappa shape index (κ1) is 34.9. The van der Waals surface area contributed by atoms with Crippen LogP contribution in [0.5, 0.6) is 5.75 Å². The van der Waals surface area contributed by atoms with Gasteiger partial charge in [-0.2, -0.15) is 0 Å². The van der Waals surface area contributed by atoms with Crippen molar-refractivity contribution in [2.24, 2.45) is 0 Å². The average Bonchev–Trinajstić information content (AvgIpc) is 2.96. The van der Waals surface area contributed by atoms with Gasteiger partial charge in [-0.1, -0.05) is 0 Å². The highest BCUT2D eigenvalue weighted by atomic mass is 16.6. The lowest BCUT2D eigenvalue weighted by molar-refractivity contribution is -0.401. The van der Waals surface area contributed by atoms with E-state index in [9.17, 15) is 60.3 Å². The van der Waals surface area contributed by atoms with Gasteiger partial charge in [0.15, 0.2) is 5.69 Å². The summed E-state index contributed by atoms with van der Waals surface area (Å²) in [5.41, 5.74) is -5.03. The van der Waals surface area contributed by atoms with Crippen LogP contribution < -0.4 is 10.1 Å². The van der Waals surface area contributed by atoms with Gasteiger partial charge in [0.2, 0.25) is 0 Å². The number of fused-ring (bicyclic) bond motifs is 2. The smallest absolute Gasteiger partial charge is 0.317 e. The highest BCUT2D eigenvalue weighted by Crippen LogP contribution is 2.45. The van der Waals surface area contributed by atoms with Gasteiger partial charge in [0.1, 0.15) is 11.4 Å². The lowest BCUT2D eigenvalue weighted by atomic mass is 9.98. The van der Waals surface area contributed by atoms with E-state index in [-0.39, 0.29) is 69.1 Å². The maximum atomic E-state index is 12.5. The van der Waals surface area contributed by atoms with E-state index >= 15 is 0 Å². The van der Waals surface area contributed by atoms with Gasteiger partial charge in [-0.15, -0.1) is 0 Å². The van der Waals surface area contributed by atoms with Crippen molar-refractivity contribution in [3.63, 3.8) is 0 Å². The van der Waals surface area contributed by atoms with Crippen LogP contribution in [0, 0.1) is 40.5 Å². The second kappa shape index (κ2) is 15.5. The Morgan fingerprint density at radius 2 is 1.35 bits per heavy atom. The summed E-state index contributed by atoms with van der Waals surface area (Å²) in [4.78, 5) is 69.5. The minimum atomic E-state index is -1.19. The lowest BCUT2D eigenvalue weighted by Crippen LogP contribution is -2.37. The molecule has 0 aromatic heterocycles. The van der Waals surface area contributed by atoms with E-state index in [1.807, 2.05) is 0 Å². The molecule has 3 rings (SSSR count). The monoisotopic (exact) mass is 651 g/mol. The quantitative estimate of drug-likeness (QED) is 0.231. The van der Waals surface area contributed by atoms with E-state index in [0.29, 0.717) is 12.1 Å². The molecule has 248 valence electrons. The number of benzene rings is 2. The van der Waals surface area contributed by atoms with Crippen LogP contribution in [0.3, 0.4) is 0 Å². The van der Waals surface area contributed by atoms with Crippen molar-refractivity contribution in [2.75, 3.05) is 64.9 Å². The summed E-state index contributed by atoms with van der Waals surface area (Å²) in [6.45, 7) is -0.429. The second-order valence-electron chi connectivity index (χ2n) is 9.91. The van der Waals surface area contributed by atoms with Crippen LogP contribution in [0.4, 0.5) is 34.1 Å². The number of hydrogen-bond acceptors (Lipinski definition) is 15. The molecule has 1 aliphatic rings. The minimum absolute atomic E-state index is 0.00353. The normalized spacial score (nSPS) is 14.9. The van der Waals surface area contributed by atoms with Crippen LogP contribution in [-0.4, -0.2) is 111 Å². The number of nitrogens with zero attached hydrogens (tertiary/aromatic N) is 6. The van der Waals surface area contributed by atoms with Crippen LogP contribution in [-0.2, 0) is 27.2 Å². The highest BCUT2D eigenvalue weighted by molar-refractivity contribution is 5.85. The van der Waals surface area contributed by atoms with Crippen molar-refractivity contribution in [3.05, 3.63) is 69.8 Å². The van der Waals surface area contributed by atoms with Crippen LogP contribution >= 0.6 is 0 Å². The molecule has 0 saturated carbocycles. The highest BCUT2D eigenvalue weighted by Gasteiger charge is 2.34. The van der Waals surface area contributed by atoms with Gasteiger partial charge in [-0.3, -0.25) is 59.8 Å². The third kappa shape index (κ3) is 8.77. The molecule has 0 atom stereocenters. The number of rotatable bonds is 11. The average molecular weight is 652 g/mol. The first-order valence-corrected chi connectivity index (χ1v) is 13.4. The predicted molar refractivity (Wildman–Crippen MR) is 156 cm³/mol. The third-order valence-corrected chi connectivity index (χ3v) is 6.95. The maximum absolute atomic E-state index is 12.5. The molecule has 2 bridgehead atoms. The first-order valence-electron chi connectivity index (χ1n) is 13.4. The van der Waals surface area contributed by atoms with E-state index in [4.69, 9.17) is 9.47 Å². The standard InChI is InChI=1S/C25H29N7O14/c1-45-25-15-2-4-27(13-21(33)34)6-8-46-9-7-28(14-22(35)36)5-3-17(25)24(32(43)44)18(10-15)26-23-19(30(39)40)11-16(29(37)38)12-20(23)31(41)42/h10-12,26H,2-9,13-14H2,1H3,(H,33,34)(H,35,36). The number of carboxylic acids is 2. The van der Waals surface area contributed by atoms with Crippen LogP contribution in [0.15, 0.2) is 18.2 Å². The molecule has 1 heterocycles. The molecule has 21 nitrogen and oxygen atoms in total. The van der Waals surface area contributed by atoms with Gasteiger partial charge in [-0.05, 0) is 24.5 Å². The Morgan fingerprint density at radius 1 is 0.826 bits per heavy atom. The lowest BCUT2D eigenvalue weighted by Gasteiger charge is -2.25. The van der Waals surface area contributed by atoms with Crippen molar-refractivity contribution in [3.8, 4) is 5.75 Å². The summed E-state index contributed by atoms with van der Waals surface area (Å²) >= 11 is 0. The van der Waals surface area contributed by atoms with Gasteiger partial charge < -0.3 is 25.0 Å². The van der Waals surface area contributed by atoms with E-state index in [1.54, 1.807) is 0 Å². The Morgan fingerprint density at radius 3 is 1.78 bits per heavy atom. The number of hydrogen-bond donors (Lipinski definition) is 3. The van der Waals surface area contributed by atoms with E-state index in [1.165, 1.54) is 23.0 Å². The Balaban J connectivity index is 2.30. The molecule has 0 aliphatic carbocycles. The number of methoxy groups -OCH3 is 1. The number of carboxylic acid groups (broad SMARTS) is 2. The topological polar surface area (TPSA) is 284 Å². The fraction of sp³-hybridized carbons (Fsp3) is 0.440. The Labute approximate surface area is 258 Å². The molecule has 0 unspecified atom stereocenters. The SMILES string of the molecule is COc1c2cc(Nc3c([N+](=O)[O-])cc([N+](=O)[O-])cc3[N+](=O)[O-])c([N+](=O)[O-])c1CCN(CC(=O)O)CCOCCN(CC(=O)O)CC2. The zero-order chi connectivity index (χ0) is 34.1. The second-order valence-corrected chi connectivity index (χ2v) is 9.91. The van der Waals surface area contributed by atoms with Crippen molar-refractivity contribution >= 4 is 46.1 Å². The summed E-state index contributed by atoms with van der Waals surface area (Å²) in [6, 6.07) is 2.12. The maximum Gasteiger partial charge on any atom is 0.317 e. The fourth-order valence-electron chi connectivity index (χ4n) is 4.96. The molecule has 0 saturated heterocycles. The molecule has 46 heavy (non-hydrogen) atoms. The van der Waals surface area contributed by atoms with Gasteiger partial charge in [0.25, 0.3) is 11.4 Å². The molecule has 0 radical (unpaired) electrons. The van der Waals surface area contributed by atoms with E-state index < -0.39 is 78.8 Å². The number of non-ortho nitro benzene ring substituents is 1. The summed E-state index contributed by atoms with van der Waals surface area (Å²) in [5.74, 6) is -2.34. The van der Waals surface area contributed by atoms with Gasteiger partial charge in [0, 0.05) is 26.2 Å². The van der Waals surface area contributed by atoms with Crippen molar-refractivity contribution < 1.29 is 49.0 Å². The van der Waals surface area contributed by atoms with Gasteiger partial charge in [-0.25, -0.2) is 0 Å².